The highest BCUT2D eigenvalue weighted by molar-refractivity contribution is 5.89. The predicted molar refractivity (Wildman–Crippen MR) is 116 cm³/mol. The van der Waals surface area contributed by atoms with Gasteiger partial charge < -0.3 is 14.2 Å². The summed E-state index contributed by atoms with van der Waals surface area (Å²) in [4.78, 5) is 12.7. The summed E-state index contributed by atoms with van der Waals surface area (Å²) < 4.78 is 17.7. The summed E-state index contributed by atoms with van der Waals surface area (Å²) >= 11 is 0. The van der Waals surface area contributed by atoms with Crippen molar-refractivity contribution in [2.75, 3.05) is 7.11 Å². The highest BCUT2D eigenvalue weighted by atomic mass is 16.5. The second-order valence-electron chi connectivity index (χ2n) is 8.21. The summed E-state index contributed by atoms with van der Waals surface area (Å²) in [5.74, 6) is 1.70. The van der Waals surface area contributed by atoms with Gasteiger partial charge in [0.05, 0.1) is 12.7 Å². The normalized spacial score (nSPS) is 24.6. The van der Waals surface area contributed by atoms with Gasteiger partial charge in [-0.15, -0.1) is 0 Å². The fourth-order valence-corrected chi connectivity index (χ4v) is 5.12. The minimum Gasteiger partial charge on any atom is -0.497 e. The van der Waals surface area contributed by atoms with Crippen LogP contribution >= 0.6 is 0 Å². The van der Waals surface area contributed by atoms with Gasteiger partial charge in [-0.05, 0) is 73.6 Å². The number of rotatable bonds is 3. The van der Waals surface area contributed by atoms with E-state index >= 15 is 0 Å². The number of carbonyl (C=O) groups is 1. The van der Waals surface area contributed by atoms with Gasteiger partial charge in [0.15, 0.2) is 0 Å². The number of esters is 1. The quantitative estimate of drug-likeness (QED) is 0.628. The van der Waals surface area contributed by atoms with Crippen LogP contribution in [0, 0.1) is 5.92 Å². The largest absolute Gasteiger partial charge is 0.497 e. The molecule has 3 atom stereocenters. The second kappa shape index (κ2) is 7.67. The molecule has 30 heavy (non-hydrogen) atoms. The lowest BCUT2D eigenvalue weighted by Crippen LogP contribution is -2.37. The molecule has 0 unspecified atom stereocenters. The Morgan fingerprint density at radius 2 is 1.93 bits per heavy atom. The van der Waals surface area contributed by atoms with Crippen molar-refractivity contribution in [2.24, 2.45) is 5.92 Å². The Hall–Kier alpha value is -3.01. The summed E-state index contributed by atoms with van der Waals surface area (Å²) in [6, 6.07) is 15.3. The van der Waals surface area contributed by atoms with Crippen molar-refractivity contribution in [3.05, 3.63) is 76.9 Å². The van der Waals surface area contributed by atoms with Gasteiger partial charge in [-0.25, -0.2) is 4.79 Å². The molecule has 5 rings (SSSR count). The third kappa shape index (κ3) is 3.20. The lowest BCUT2D eigenvalue weighted by atomic mass is 9.69. The number of hydrogen-bond acceptors (Lipinski definition) is 4. The monoisotopic (exact) mass is 402 g/mol. The Balaban J connectivity index is 1.45. The maximum atomic E-state index is 12.7. The maximum Gasteiger partial charge on any atom is 0.338 e. The molecule has 1 aliphatic heterocycles. The molecule has 0 bridgehead atoms. The third-order valence-electron chi connectivity index (χ3n) is 6.50. The van der Waals surface area contributed by atoms with Crippen LogP contribution in [-0.2, 0) is 4.74 Å². The zero-order valence-electron chi connectivity index (χ0n) is 17.4. The summed E-state index contributed by atoms with van der Waals surface area (Å²) in [6.07, 6.45) is 5.95. The number of fused-ring (bicyclic) bond motifs is 4. The molecule has 0 radical (unpaired) electrons. The molecule has 154 valence electrons. The van der Waals surface area contributed by atoms with Crippen LogP contribution < -0.4 is 9.47 Å². The van der Waals surface area contributed by atoms with Crippen LogP contribution in [0.3, 0.4) is 0 Å². The number of ether oxygens (including phenoxy) is 3. The zero-order chi connectivity index (χ0) is 20.7. The molecule has 0 spiro atoms. The molecule has 0 saturated carbocycles. The Bertz CT molecular complexity index is 1030. The van der Waals surface area contributed by atoms with E-state index < -0.39 is 0 Å². The Kier molecular flexibility index (Phi) is 4.86. The van der Waals surface area contributed by atoms with Gasteiger partial charge in [-0.3, -0.25) is 0 Å². The van der Waals surface area contributed by atoms with Crippen LogP contribution in [0.1, 0.15) is 48.5 Å². The standard InChI is InChI=1S/C26H26O4/c1-16-25-21-9-6-10-23(30-26(27)17-7-4-3-5-8-17)19(21)13-14-22(25)20-12-11-18(28-2)15-24(20)29-16/h3-5,7-9,11-12,15-16,19,23H,6,10,13-14H2,1-2H3/t16-,19-,23-/m0/s1. The average molecular weight is 402 g/mol. The molecule has 3 aliphatic rings. The highest BCUT2D eigenvalue weighted by Crippen LogP contribution is 2.50. The summed E-state index contributed by atoms with van der Waals surface area (Å²) in [6.45, 7) is 2.11. The van der Waals surface area contributed by atoms with E-state index in [1.54, 1.807) is 7.11 Å². The number of carbonyl (C=O) groups excluding carboxylic acids is 1. The van der Waals surface area contributed by atoms with Crippen molar-refractivity contribution in [2.45, 2.75) is 44.8 Å². The van der Waals surface area contributed by atoms with Crippen LogP contribution in [0.5, 0.6) is 11.5 Å². The molecule has 0 saturated heterocycles. The molecule has 0 amide bonds. The van der Waals surface area contributed by atoms with Gasteiger partial charge in [-0.2, -0.15) is 0 Å². The first-order valence-corrected chi connectivity index (χ1v) is 10.7. The Morgan fingerprint density at radius 3 is 2.73 bits per heavy atom. The van der Waals surface area contributed by atoms with E-state index in [2.05, 4.69) is 19.1 Å². The van der Waals surface area contributed by atoms with Crippen molar-refractivity contribution in [1.29, 1.82) is 0 Å². The number of methoxy groups -OCH3 is 1. The molecular weight excluding hydrogens is 376 g/mol. The number of benzene rings is 2. The minimum atomic E-state index is -0.230. The molecule has 1 heterocycles. The van der Waals surface area contributed by atoms with Crippen LogP contribution in [0.2, 0.25) is 0 Å². The lowest BCUT2D eigenvalue weighted by Gasteiger charge is -2.41. The smallest absolute Gasteiger partial charge is 0.338 e. The highest BCUT2D eigenvalue weighted by Gasteiger charge is 2.40. The Morgan fingerprint density at radius 1 is 1.10 bits per heavy atom. The summed E-state index contributed by atoms with van der Waals surface area (Å²) in [7, 11) is 1.67. The van der Waals surface area contributed by atoms with Gasteiger partial charge >= 0.3 is 5.97 Å². The van der Waals surface area contributed by atoms with E-state index in [1.807, 2.05) is 42.5 Å². The van der Waals surface area contributed by atoms with Crippen molar-refractivity contribution >= 4 is 11.5 Å². The first-order chi connectivity index (χ1) is 14.7. The van der Waals surface area contributed by atoms with Crippen LogP contribution in [0.15, 0.2) is 65.8 Å². The van der Waals surface area contributed by atoms with Gasteiger partial charge in [0, 0.05) is 17.5 Å². The van der Waals surface area contributed by atoms with E-state index in [9.17, 15) is 4.79 Å². The topological polar surface area (TPSA) is 44.8 Å². The van der Waals surface area contributed by atoms with E-state index in [4.69, 9.17) is 14.2 Å². The minimum absolute atomic E-state index is 0.0303. The SMILES string of the molecule is COc1ccc2c(c1)O[C@@H](C)C1=C2CC[C@H]2C1=CCC[C@@H]2OC(=O)c1ccccc1. The predicted octanol–water partition coefficient (Wildman–Crippen LogP) is 5.59. The van der Waals surface area contributed by atoms with Gasteiger partial charge in [0.25, 0.3) is 0 Å². The first kappa shape index (κ1) is 19.0. The number of hydrogen-bond donors (Lipinski definition) is 0. The molecule has 2 aromatic rings. The van der Waals surface area contributed by atoms with Crippen molar-refractivity contribution in [3.8, 4) is 11.5 Å². The Labute approximate surface area is 177 Å². The van der Waals surface area contributed by atoms with E-state index in [0.29, 0.717) is 5.56 Å². The fourth-order valence-electron chi connectivity index (χ4n) is 5.12. The molecule has 4 heteroatoms. The van der Waals surface area contributed by atoms with E-state index in [0.717, 1.165) is 42.7 Å². The van der Waals surface area contributed by atoms with Crippen LogP contribution in [0.25, 0.3) is 5.57 Å². The zero-order valence-corrected chi connectivity index (χ0v) is 17.4. The summed E-state index contributed by atoms with van der Waals surface area (Å²) in [5, 5.41) is 0. The maximum absolute atomic E-state index is 12.7. The third-order valence-corrected chi connectivity index (χ3v) is 6.50. The van der Waals surface area contributed by atoms with Gasteiger partial charge in [0.1, 0.15) is 23.7 Å². The number of allylic oxidation sites excluding steroid dienone is 2. The average Bonchev–Trinajstić information content (AvgIpc) is 2.79. The van der Waals surface area contributed by atoms with Crippen LogP contribution in [-0.4, -0.2) is 25.3 Å². The molecule has 2 aliphatic carbocycles. The van der Waals surface area contributed by atoms with E-state index in [-0.39, 0.29) is 24.1 Å². The second-order valence-corrected chi connectivity index (χ2v) is 8.21. The van der Waals surface area contributed by atoms with Gasteiger partial charge in [-0.1, -0.05) is 24.3 Å². The molecule has 0 fully saturated rings. The van der Waals surface area contributed by atoms with E-state index in [1.165, 1.54) is 16.7 Å². The van der Waals surface area contributed by atoms with Crippen LogP contribution in [0.4, 0.5) is 0 Å². The van der Waals surface area contributed by atoms with Crippen molar-refractivity contribution < 1.29 is 19.0 Å². The molecule has 2 aromatic carbocycles. The lowest BCUT2D eigenvalue weighted by molar-refractivity contribution is 0.0130. The fraction of sp³-hybridized carbons (Fsp3) is 0.346. The molecule has 0 aromatic heterocycles. The molecule has 0 N–H and O–H groups in total. The molecule has 4 nitrogen and oxygen atoms in total. The van der Waals surface area contributed by atoms with Gasteiger partial charge in [0.2, 0.25) is 0 Å². The van der Waals surface area contributed by atoms with Crippen molar-refractivity contribution in [1.82, 2.24) is 0 Å². The molecular formula is C26H26O4. The summed E-state index contributed by atoms with van der Waals surface area (Å²) in [5.41, 5.74) is 5.73. The first-order valence-electron chi connectivity index (χ1n) is 10.7. The van der Waals surface area contributed by atoms with Crippen molar-refractivity contribution in [3.63, 3.8) is 0 Å².